The molecular weight excluding hydrogens is 432 g/mol. The number of para-hydroxylation sites is 1. The molecule has 0 bridgehead atoms. The number of Topliss-reactive ketones (excluding diaryl/α,β-unsaturated/α-hetero) is 1. The Hall–Kier alpha value is -2.83. The first-order chi connectivity index (χ1) is 15.4. The van der Waals surface area contributed by atoms with Gasteiger partial charge in [-0.3, -0.25) is 14.2 Å². The average molecular weight is 455 g/mol. The summed E-state index contributed by atoms with van der Waals surface area (Å²) in [5.41, 5.74) is 1.01. The lowest BCUT2D eigenvalue weighted by atomic mass is 9.88. The van der Waals surface area contributed by atoms with Gasteiger partial charge in [-0.2, -0.15) is 4.76 Å². The van der Waals surface area contributed by atoms with Gasteiger partial charge in [0.05, 0.1) is 23.3 Å². The molecule has 7 nitrogen and oxygen atoms in total. The monoisotopic (exact) mass is 455 g/mol. The van der Waals surface area contributed by atoms with E-state index in [2.05, 4.69) is 10.1 Å². The van der Waals surface area contributed by atoms with Crippen LogP contribution < -0.4 is 15.5 Å². The fourth-order valence-corrected chi connectivity index (χ4v) is 6.07. The molecule has 2 unspecified atom stereocenters. The van der Waals surface area contributed by atoms with E-state index in [-0.39, 0.29) is 18.0 Å². The normalized spacial score (nSPS) is 24.5. The van der Waals surface area contributed by atoms with Gasteiger partial charge in [0.1, 0.15) is 11.7 Å². The van der Waals surface area contributed by atoms with E-state index in [0.29, 0.717) is 29.1 Å². The minimum Gasteiger partial charge on any atom is -0.342 e. The second kappa shape index (κ2) is 7.94. The highest BCUT2D eigenvalue weighted by molar-refractivity contribution is 7.66. The van der Waals surface area contributed by atoms with Crippen LogP contribution in [0.25, 0.3) is 0 Å². The molecule has 1 amide bonds. The first kappa shape index (κ1) is 21.0. The number of halogens is 1. The molecule has 1 fully saturated rings. The van der Waals surface area contributed by atoms with Crippen molar-refractivity contribution in [3.63, 3.8) is 0 Å². The molecule has 9 heteroatoms. The van der Waals surface area contributed by atoms with Gasteiger partial charge in [0.2, 0.25) is 5.91 Å². The zero-order valence-corrected chi connectivity index (χ0v) is 18.5. The van der Waals surface area contributed by atoms with Crippen molar-refractivity contribution in [2.75, 3.05) is 23.4 Å². The molecular formula is C23H23FN3O4P. The van der Waals surface area contributed by atoms with Crippen molar-refractivity contribution in [2.45, 2.75) is 26.2 Å². The predicted molar refractivity (Wildman–Crippen MR) is 120 cm³/mol. The molecule has 166 valence electrons. The van der Waals surface area contributed by atoms with E-state index in [9.17, 15) is 18.5 Å². The summed E-state index contributed by atoms with van der Waals surface area (Å²) in [5, 5.41) is 3.41. The summed E-state index contributed by atoms with van der Waals surface area (Å²) in [6, 6.07) is 10.7. The van der Waals surface area contributed by atoms with Gasteiger partial charge in [0.25, 0.3) is 0 Å². The minimum atomic E-state index is -3.69. The highest BCUT2D eigenvalue weighted by Gasteiger charge is 2.46. The lowest BCUT2D eigenvalue weighted by molar-refractivity contribution is -0.119. The number of ketones is 1. The fourth-order valence-electron chi connectivity index (χ4n) is 4.26. The maximum absolute atomic E-state index is 14.0. The van der Waals surface area contributed by atoms with Crippen LogP contribution in [0.15, 0.2) is 47.2 Å². The maximum Gasteiger partial charge on any atom is 0.348 e. The van der Waals surface area contributed by atoms with Crippen molar-refractivity contribution in [1.82, 2.24) is 0 Å². The fraction of sp³-hybridized carbons (Fsp3) is 0.348. The van der Waals surface area contributed by atoms with Crippen LogP contribution in [0.2, 0.25) is 0 Å². The highest BCUT2D eigenvalue weighted by atomic mass is 31.2. The Morgan fingerprint density at radius 2 is 2.00 bits per heavy atom. The zero-order chi connectivity index (χ0) is 22.5. The molecule has 5 rings (SSSR count). The van der Waals surface area contributed by atoms with Gasteiger partial charge < -0.3 is 14.7 Å². The summed E-state index contributed by atoms with van der Waals surface area (Å²) in [5.74, 6) is -2.38. The molecule has 2 atom stereocenters. The molecule has 32 heavy (non-hydrogen) atoms. The standard InChI is InChI=1S/C23H23FN3O4P/c1-2-31-32(30)19-6-4-3-5-17(19)25-22(26-32)20-21(28)16-13-15(24)9-10-18(16)27(23(20)29)12-11-14-7-8-14/h3-6,9-10,13-14,20H,2,7-8,11-12H2,1H3,(H,25,26,30). The molecule has 1 saturated carbocycles. The number of fused-ring (bicyclic) bond motifs is 2. The molecule has 0 radical (unpaired) electrons. The topological polar surface area (TPSA) is 88.1 Å². The third-order valence-corrected chi connectivity index (χ3v) is 8.12. The molecule has 3 aliphatic rings. The van der Waals surface area contributed by atoms with Crippen LogP contribution in [0.3, 0.4) is 0 Å². The van der Waals surface area contributed by atoms with Gasteiger partial charge in [-0.25, -0.2) is 4.39 Å². The summed E-state index contributed by atoms with van der Waals surface area (Å²) >= 11 is 0. The van der Waals surface area contributed by atoms with Crippen LogP contribution >= 0.6 is 7.52 Å². The van der Waals surface area contributed by atoms with E-state index in [1.807, 2.05) is 0 Å². The number of anilines is 2. The molecule has 2 aromatic carbocycles. The largest absolute Gasteiger partial charge is 0.348 e. The number of hydrogen-bond acceptors (Lipinski definition) is 5. The number of benzene rings is 2. The average Bonchev–Trinajstić information content (AvgIpc) is 3.59. The quantitative estimate of drug-likeness (QED) is 0.522. The number of nitrogens with one attached hydrogen (secondary N) is 1. The highest BCUT2D eigenvalue weighted by Crippen LogP contribution is 2.52. The molecule has 2 aromatic rings. The number of amides is 1. The molecule has 0 saturated heterocycles. The third kappa shape index (κ3) is 3.57. The second-order valence-corrected chi connectivity index (χ2v) is 10.2. The zero-order valence-electron chi connectivity index (χ0n) is 17.6. The Morgan fingerprint density at radius 3 is 2.75 bits per heavy atom. The molecule has 2 heterocycles. The summed E-state index contributed by atoms with van der Waals surface area (Å²) in [6.07, 6.45) is 3.07. The van der Waals surface area contributed by atoms with Crippen molar-refractivity contribution in [1.29, 1.82) is 0 Å². The van der Waals surface area contributed by atoms with Crippen LogP contribution in [0.4, 0.5) is 15.8 Å². The smallest absolute Gasteiger partial charge is 0.342 e. The van der Waals surface area contributed by atoms with Crippen molar-refractivity contribution in [3.8, 4) is 0 Å². The summed E-state index contributed by atoms with van der Waals surface area (Å²) in [7, 11) is -3.69. The first-order valence-corrected chi connectivity index (χ1v) is 12.4. The maximum atomic E-state index is 14.0. The van der Waals surface area contributed by atoms with Crippen molar-refractivity contribution in [3.05, 3.63) is 53.8 Å². The number of carbonyl (C=O) groups excluding carboxylic acids is 2. The van der Waals surface area contributed by atoms with E-state index < -0.39 is 30.9 Å². The SMILES string of the molecule is CCOP1(=O)N=C(C2C(=O)c3cc(F)ccc3N(CCC3CC3)C2=O)Nc2ccccc21. The van der Waals surface area contributed by atoms with Crippen LogP contribution in [0, 0.1) is 17.7 Å². The third-order valence-electron chi connectivity index (χ3n) is 6.04. The van der Waals surface area contributed by atoms with E-state index >= 15 is 0 Å². The van der Waals surface area contributed by atoms with E-state index in [1.165, 1.54) is 17.0 Å². The Labute approximate surface area is 185 Å². The number of carbonyl (C=O) groups is 2. The lowest BCUT2D eigenvalue weighted by Crippen LogP contribution is -2.50. The van der Waals surface area contributed by atoms with Gasteiger partial charge in [-0.15, -0.1) is 0 Å². The van der Waals surface area contributed by atoms with Gasteiger partial charge >= 0.3 is 7.52 Å². The Bertz CT molecular complexity index is 1190. The predicted octanol–water partition coefficient (Wildman–Crippen LogP) is 4.15. The number of amidine groups is 1. The van der Waals surface area contributed by atoms with Crippen molar-refractivity contribution >= 4 is 41.7 Å². The van der Waals surface area contributed by atoms with Crippen LogP contribution in [-0.4, -0.2) is 30.7 Å². The molecule has 1 aliphatic carbocycles. The van der Waals surface area contributed by atoms with Crippen molar-refractivity contribution in [2.24, 2.45) is 16.6 Å². The van der Waals surface area contributed by atoms with E-state index in [1.54, 1.807) is 31.2 Å². The van der Waals surface area contributed by atoms with Crippen molar-refractivity contribution < 1.29 is 23.1 Å². The lowest BCUT2D eigenvalue weighted by Gasteiger charge is -2.35. The van der Waals surface area contributed by atoms with Crippen LogP contribution in [-0.2, 0) is 13.9 Å². The van der Waals surface area contributed by atoms with Crippen LogP contribution in [0.5, 0.6) is 0 Å². The van der Waals surface area contributed by atoms with Gasteiger partial charge in [-0.1, -0.05) is 25.0 Å². The van der Waals surface area contributed by atoms with E-state index in [4.69, 9.17) is 4.52 Å². The molecule has 1 N–H and O–H groups in total. The van der Waals surface area contributed by atoms with Gasteiger partial charge in [0, 0.05) is 12.1 Å². The molecule has 0 spiro atoms. The van der Waals surface area contributed by atoms with Gasteiger partial charge in [-0.05, 0) is 49.6 Å². The molecule has 2 aliphatic heterocycles. The molecule has 0 aromatic heterocycles. The van der Waals surface area contributed by atoms with Crippen LogP contribution in [0.1, 0.15) is 36.5 Å². The van der Waals surface area contributed by atoms with Gasteiger partial charge in [0.15, 0.2) is 11.7 Å². The van der Waals surface area contributed by atoms with E-state index in [0.717, 1.165) is 25.3 Å². The Morgan fingerprint density at radius 1 is 1.22 bits per heavy atom. The number of nitrogens with zero attached hydrogens (tertiary/aromatic N) is 2. The second-order valence-electron chi connectivity index (χ2n) is 8.25. The first-order valence-electron chi connectivity index (χ1n) is 10.8. The number of hydrogen-bond donors (Lipinski definition) is 1. The summed E-state index contributed by atoms with van der Waals surface area (Å²) < 4.78 is 37.4. The Kier molecular flexibility index (Phi) is 5.22. The number of rotatable bonds is 6. The Balaban J connectivity index is 1.59. The summed E-state index contributed by atoms with van der Waals surface area (Å²) in [4.78, 5) is 28.5. The minimum absolute atomic E-state index is 0.0261. The summed E-state index contributed by atoms with van der Waals surface area (Å²) in [6.45, 7) is 2.28.